The molecule has 0 radical (unpaired) electrons. The Morgan fingerprint density at radius 3 is 2.35 bits per heavy atom. The summed E-state index contributed by atoms with van der Waals surface area (Å²) in [6, 6.07) is 0. The minimum Gasteiger partial charge on any atom is -0.381 e. The molecule has 0 aromatic rings. The highest BCUT2D eigenvalue weighted by molar-refractivity contribution is 4.90. The summed E-state index contributed by atoms with van der Waals surface area (Å²) in [5.41, 5.74) is 0.471. The van der Waals surface area contributed by atoms with Gasteiger partial charge in [0, 0.05) is 30.7 Å². The van der Waals surface area contributed by atoms with E-state index in [1.807, 2.05) is 0 Å². The number of nitrogens with zero attached hydrogens (tertiary/aromatic N) is 2. The third-order valence-electron chi connectivity index (χ3n) is 3.93. The molecule has 1 saturated heterocycles. The maximum atomic E-state index is 5.69. The summed E-state index contributed by atoms with van der Waals surface area (Å²) >= 11 is 0. The van der Waals surface area contributed by atoms with Crippen LogP contribution in [-0.2, 0) is 4.74 Å². The molecule has 0 spiro atoms. The van der Waals surface area contributed by atoms with Crippen LogP contribution in [0.4, 0.5) is 0 Å². The molecule has 1 N–H and O–H groups in total. The van der Waals surface area contributed by atoms with E-state index < -0.39 is 0 Å². The van der Waals surface area contributed by atoms with E-state index >= 15 is 0 Å². The molecular weight excluding hydrogens is 250 g/mol. The second-order valence-corrected chi connectivity index (χ2v) is 7.80. The minimum atomic E-state index is 0.180. The Kier molecular flexibility index (Phi) is 6.92. The predicted molar refractivity (Wildman–Crippen MR) is 86.3 cm³/mol. The van der Waals surface area contributed by atoms with Gasteiger partial charge in [0.15, 0.2) is 0 Å². The fourth-order valence-electron chi connectivity index (χ4n) is 2.73. The topological polar surface area (TPSA) is 27.7 Å². The quantitative estimate of drug-likeness (QED) is 0.734. The lowest BCUT2D eigenvalue weighted by Gasteiger charge is -2.35. The van der Waals surface area contributed by atoms with Crippen LogP contribution >= 0.6 is 0 Å². The summed E-state index contributed by atoms with van der Waals surface area (Å²) in [4.78, 5) is 4.73. The lowest BCUT2D eigenvalue weighted by Crippen LogP contribution is -2.49. The van der Waals surface area contributed by atoms with Crippen LogP contribution in [0.3, 0.4) is 0 Å². The van der Waals surface area contributed by atoms with Gasteiger partial charge in [0.05, 0.1) is 6.61 Å². The molecule has 0 aromatic carbocycles. The zero-order valence-corrected chi connectivity index (χ0v) is 14.5. The van der Waals surface area contributed by atoms with Gasteiger partial charge < -0.3 is 19.9 Å². The summed E-state index contributed by atoms with van der Waals surface area (Å²) < 4.78 is 5.69. The van der Waals surface area contributed by atoms with Crippen LogP contribution in [0.15, 0.2) is 0 Å². The average molecular weight is 285 g/mol. The van der Waals surface area contributed by atoms with E-state index in [0.717, 1.165) is 39.4 Å². The van der Waals surface area contributed by atoms with Crippen molar-refractivity contribution in [3.8, 4) is 0 Å². The van der Waals surface area contributed by atoms with Gasteiger partial charge in [-0.1, -0.05) is 0 Å². The fourth-order valence-corrected chi connectivity index (χ4v) is 2.73. The first-order valence-corrected chi connectivity index (χ1v) is 7.89. The molecule has 1 unspecified atom stereocenters. The van der Waals surface area contributed by atoms with Crippen molar-refractivity contribution in [2.24, 2.45) is 5.41 Å². The molecular formula is C16H35N3O. The van der Waals surface area contributed by atoms with E-state index in [0.29, 0.717) is 5.41 Å². The van der Waals surface area contributed by atoms with Crippen LogP contribution in [-0.4, -0.2) is 75.9 Å². The van der Waals surface area contributed by atoms with Gasteiger partial charge in [-0.3, -0.25) is 0 Å². The molecule has 1 aliphatic rings. The van der Waals surface area contributed by atoms with Gasteiger partial charge in [-0.05, 0) is 67.8 Å². The molecule has 1 rings (SSSR count). The van der Waals surface area contributed by atoms with Crippen LogP contribution in [0.2, 0.25) is 0 Å². The normalized spacial score (nSPS) is 24.0. The fraction of sp³-hybridized carbons (Fsp3) is 1.00. The Bertz CT molecular complexity index is 267. The highest BCUT2D eigenvalue weighted by atomic mass is 16.5. The largest absolute Gasteiger partial charge is 0.381 e. The molecule has 0 amide bonds. The summed E-state index contributed by atoms with van der Waals surface area (Å²) in [5.74, 6) is 0. The molecule has 0 bridgehead atoms. The van der Waals surface area contributed by atoms with Gasteiger partial charge in [-0.2, -0.15) is 0 Å². The van der Waals surface area contributed by atoms with E-state index in [9.17, 15) is 0 Å². The Labute approximate surface area is 125 Å². The van der Waals surface area contributed by atoms with Crippen molar-refractivity contribution in [3.63, 3.8) is 0 Å². The van der Waals surface area contributed by atoms with E-state index in [-0.39, 0.29) is 5.54 Å². The molecule has 0 aliphatic carbocycles. The van der Waals surface area contributed by atoms with Crippen molar-refractivity contribution in [2.75, 3.05) is 60.5 Å². The van der Waals surface area contributed by atoms with Crippen molar-refractivity contribution in [2.45, 2.75) is 39.2 Å². The zero-order chi connectivity index (χ0) is 15.2. The lowest BCUT2D eigenvalue weighted by molar-refractivity contribution is 0.112. The second-order valence-electron chi connectivity index (χ2n) is 7.80. The number of ether oxygens (including phenoxy) is 1. The minimum absolute atomic E-state index is 0.180. The van der Waals surface area contributed by atoms with E-state index in [4.69, 9.17) is 4.74 Å². The first kappa shape index (κ1) is 17.9. The highest BCUT2D eigenvalue weighted by Crippen LogP contribution is 2.29. The number of rotatable bonds is 8. The van der Waals surface area contributed by atoms with Crippen LogP contribution in [0.5, 0.6) is 0 Å². The Morgan fingerprint density at radius 2 is 1.85 bits per heavy atom. The van der Waals surface area contributed by atoms with Gasteiger partial charge in [0.2, 0.25) is 0 Å². The maximum Gasteiger partial charge on any atom is 0.0547 e. The van der Waals surface area contributed by atoms with Gasteiger partial charge in [-0.25, -0.2) is 0 Å². The molecule has 4 heteroatoms. The molecule has 4 nitrogen and oxygen atoms in total. The molecule has 1 fully saturated rings. The zero-order valence-electron chi connectivity index (χ0n) is 14.5. The van der Waals surface area contributed by atoms with E-state index in [2.05, 4.69) is 57.0 Å². The first-order valence-electron chi connectivity index (χ1n) is 7.89. The standard InChI is InChI=1S/C16H35N3O/c1-15(2,3)17-12-16(8-11-20-14-16)13-19(6)10-7-9-18(4)5/h17H,7-14H2,1-6H3. The molecule has 1 aliphatic heterocycles. The van der Waals surface area contributed by atoms with Crippen molar-refractivity contribution < 1.29 is 4.74 Å². The maximum absolute atomic E-state index is 5.69. The third-order valence-corrected chi connectivity index (χ3v) is 3.93. The van der Waals surface area contributed by atoms with Crippen molar-refractivity contribution >= 4 is 0 Å². The van der Waals surface area contributed by atoms with Crippen LogP contribution < -0.4 is 5.32 Å². The molecule has 1 atom stereocenters. The van der Waals surface area contributed by atoms with Gasteiger partial charge in [0.25, 0.3) is 0 Å². The Morgan fingerprint density at radius 1 is 1.15 bits per heavy atom. The number of hydrogen-bond acceptors (Lipinski definition) is 4. The van der Waals surface area contributed by atoms with Gasteiger partial charge >= 0.3 is 0 Å². The molecule has 0 saturated carbocycles. The molecule has 120 valence electrons. The Balaban J connectivity index is 2.41. The van der Waals surface area contributed by atoms with Crippen LogP contribution in [0.1, 0.15) is 33.6 Å². The Hall–Kier alpha value is -0.160. The predicted octanol–water partition coefficient (Wildman–Crippen LogP) is 1.66. The molecule has 1 heterocycles. The van der Waals surface area contributed by atoms with Crippen molar-refractivity contribution in [1.82, 2.24) is 15.1 Å². The monoisotopic (exact) mass is 285 g/mol. The summed E-state index contributed by atoms with van der Waals surface area (Å²) in [6.45, 7) is 13.0. The summed E-state index contributed by atoms with van der Waals surface area (Å²) in [5, 5.41) is 3.67. The molecule has 20 heavy (non-hydrogen) atoms. The van der Waals surface area contributed by atoms with Gasteiger partial charge in [0.1, 0.15) is 0 Å². The SMILES string of the molecule is CN(C)CCCN(C)CC1(CNC(C)(C)C)CCOC1. The first-order chi connectivity index (χ1) is 9.22. The van der Waals surface area contributed by atoms with Crippen LogP contribution in [0, 0.1) is 5.41 Å². The lowest BCUT2D eigenvalue weighted by atomic mass is 9.85. The third kappa shape index (κ3) is 7.02. The van der Waals surface area contributed by atoms with E-state index in [1.54, 1.807) is 0 Å². The smallest absolute Gasteiger partial charge is 0.0547 e. The summed E-state index contributed by atoms with van der Waals surface area (Å²) in [7, 11) is 6.52. The highest BCUT2D eigenvalue weighted by Gasteiger charge is 2.36. The van der Waals surface area contributed by atoms with Gasteiger partial charge in [-0.15, -0.1) is 0 Å². The van der Waals surface area contributed by atoms with Crippen LogP contribution in [0.25, 0.3) is 0 Å². The summed E-state index contributed by atoms with van der Waals surface area (Å²) in [6.07, 6.45) is 2.40. The molecule has 0 aromatic heterocycles. The number of hydrogen-bond donors (Lipinski definition) is 1. The van der Waals surface area contributed by atoms with E-state index in [1.165, 1.54) is 12.8 Å². The second kappa shape index (κ2) is 7.74. The average Bonchev–Trinajstić information content (AvgIpc) is 2.74. The van der Waals surface area contributed by atoms with Crippen molar-refractivity contribution in [3.05, 3.63) is 0 Å². The van der Waals surface area contributed by atoms with Crippen molar-refractivity contribution in [1.29, 1.82) is 0 Å². The number of nitrogens with one attached hydrogen (secondary N) is 1.